The summed E-state index contributed by atoms with van der Waals surface area (Å²) < 4.78 is 0. The summed E-state index contributed by atoms with van der Waals surface area (Å²) in [4.78, 5) is 27.6. The van der Waals surface area contributed by atoms with Gasteiger partial charge in [0.1, 0.15) is 40.8 Å². The number of aromatic hydroxyl groups is 1. The van der Waals surface area contributed by atoms with Gasteiger partial charge in [-0.15, -0.1) is 5.10 Å². The Hall–Kier alpha value is -8.68. The largest absolute Gasteiger partial charge is 0.508 e. The molecular weight excluding hydrogens is 1780 g/mol. The SMILES string of the molecule is CC(=N)CN=Cc1ccccc1Cl.N=C(N)CN=Cc1c(Cl)cc(O)cc1Cl.N=C(N)CN=Cc1c(Cl)ccc(Cl)c1Cl.N=C(N)CN=Cc1c(Cl)cccc1Cl.N=C(N)CN=Cc1cc(Cl)cc(Cl)c1.N=C(N)CN=Cc1ccc(Cl)c(Cl)c1.N=C(N)CN=Cc1ccc(Cl)cc1Cl.NC(N)=N/N=C\c1c(Cl)cccc1Cl. The molecule has 598 valence electrons. The molecule has 0 spiro atoms. The zero-order valence-corrected chi connectivity index (χ0v) is 71.1. The number of nitrogens with one attached hydrogen (secondary N) is 7. The molecule has 0 atom stereocenters. The lowest BCUT2D eigenvalue weighted by Crippen LogP contribution is -2.21. The first-order chi connectivity index (χ1) is 53.2. The third-order valence-electron chi connectivity index (χ3n) is 11.7. The fraction of sp³-hybridized carbons (Fsp3) is 0.111. The number of hydrogen-bond donors (Lipinski definition) is 16. The average molecular weight is 1860 g/mol. The van der Waals surface area contributed by atoms with Gasteiger partial charge in [0, 0.05) is 103 Å². The van der Waals surface area contributed by atoms with Gasteiger partial charge < -0.3 is 56.4 Å². The first kappa shape index (κ1) is 102. The Morgan fingerprint density at radius 2 is 0.664 bits per heavy atom. The summed E-state index contributed by atoms with van der Waals surface area (Å²) >= 11 is 93.4. The van der Waals surface area contributed by atoms with Crippen LogP contribution in [0.25, 0.3) is 0 Å². The van der Waals surface area contributed by atoms with E-state index in [9.17, 15) is 0 Å². The number of amidine groups is 6. The molecule has 0 aliphatic carbocycles. The molecule has 0 bridgehead atoms. The van der Waals surface area contributed by atoms with Crippen LogP contribution >= 0.6 is 186 Å². The molecule has 25 nitrogen and oxygen atoms in total. The molecule has 8 rings (SSSR count). The molecule has 0 amide bonds. The van der Waals surface area contributed by atoms with E-state index < -0.39 is 0 Å². The molecule has 41 heteroatoms. The fourth-order valence-corrected chi connectivity index (χ4v) is 10.6. The van der Waals surface area contributed by atoms with Crippen molar-refractivity contribution in [1.29, 1.82) is 37.9 Å². The van der Waals surface area contributed by atoms with Crippen LogP contribution in [0.15, 0.2) is 185 Å². The van der Waals surface area contributed by atoms with Crippen LogP contribution in [-0.2, 0) is 0 Å². The quantitative estimate of drug-likeness (QED) is 0.0125. The van der Waals surface area contributed by atoms with Crippen LogP contribution < -0.4 is 45.9 Å². The van der Waals surface area contributed by atoms with Gasteiger partial charge in [-0.3, -0.25) is 67.4 Å². The second kappa shape index (κ2) is 57.4. The van der Waals surface area contributed by atoms with E-state index in [4.69, 9.17) is 274 Å². The second-order valence-corrected chi connectivity index (χ2v) is 28.0. The Bertz CT molecular complexity index is 4750. The van der Waals surface area contributed by atoms with E-state index >= 15 is 0 Å². The predicted molar refractivity (Wildman–Crippen MR) is 489 cm³/mol. The van der Waals surface area contributed by atoms with Gasteiger partial charge >= 0.3 is 0 Å². The number of nitrogens with two attached hydrogens (primary N) is 8. The Kier molecular flexibility index (Phi) is 51.9. The molecule has 0 aromatic heterocycles. The topological polar surface area (TPSA) is 507 Å². The van der Waals surface area contributed by atoms with Crippen LogP contribution in [0.1, 0.15) is 51.4 Å². The standard InChI is InChI=1S/C10H11ClN2.C9H8Cl3N3.C9H9Cl2N3O.4C9H9Cl2N3.C8H8Cl2N4/c1-8(12)6-13-7-9-4-2-3-5-10(9)11;10-6-1-2-7(11)9(12)5(6)3-15-4-8(13)14;10-7-1-5(15)2-8(11)6(7)3-14-4-9(12)13;10-7-1-6(2-8(11)3-7)4-14-5-9(12)13;10-7-2-1-6(8(11)3-7)4-14-5-9(12)13;10-7-2-1-6(3-8(7)11)4-14-5-9(12)13;10-7-2-1-3-8(11)6(7)4-14-5-9(12)13;9-6-2-1-3-7(10)5(6)4-13-14-8(11)12/h2-5,7,12H,6H2,1H3;1-3H,4H2,(H3,13,14);1-3,15H,4H2,(H3,12,13);4*1-4H,5H2,(H3,12,13);1-4H,(H4,11,12,14)/b;;;;;;;13-4-. The lowest BCUT2D eigenvalue weighted by atomic mass is 10.2. The van der Waals surface area contributed by atoms with Gasteiger partial charge in [0.25, 0.3) is 0 Å². The Balaban J connectivity index is 0.000000646. The number of aliphatic imine (C=N–C) groups is 7. The van der Waals surface area contributed by atoms with E-state index in [1.807, 2.05) is 24.3 Å². The van der Waals surface area contributed by atoms with Crippen molar-refractivity contribution in [2.75, 3.05) is 45.8 Å². The molecule has 0 aliphatic heterocycles. The summed E-state index contributed by atoms with van der Waals surface area (Å²) in [5, 5.41) is 72.9. The van der Waals surface area contributed by atoms with Gasteiger partial charge in [-0.2, -0.15) is 5.10 Å². The molecule has 0 heterocycles. The van der Waals surface area contributed by atoms with Gasteiger partial charge in [-0.05, 0) is 115 Å². The maximum absolute atomic E-state index is 9.16. The molecule has 0 saturated heterocycles. The highest BCUT2D eigenvalue weighted by atomic mass is 35.5. The monoisotopic (exact) mass is 1850 g/mol. The minimum Gasteiger partial charge on any atom is -0.508 e. The first-order valence-corrected chi connectivity index (χ1v) is 37.2. The molecule has 0 aliphatic rings. The molecule has 8 aromatic carbocycles. The van der Waals surface area contributed by atoms with Crippen LogP contribution in [0.3, 0.4) is 0 Å². The third kappa shape index (κ3) is 47.6. The van der Waals surface area contributed by atoms with E-state index in [1.54, 1.807) is 135 Å². The molecular formula is C72H72Cl16N24O. The minimum atomic E-state index is -0.121. The van der Waals surface area contributed by atoms with E-state index in [2.05, 4.69) is 45.1 Å². The van der Waals surface area contributed by atoms with E-state index in [0.29, 0.717) is 115 Å². The number of rotatable bonds is 23. The zero-order chi connectivity index (χ0) is 85.3. The fourth-order valence-electron chi connectivity index (χ4n) is 6.93. The molecule has 8 aromatic rings. The Morgan fingerprint density at radius 1 is 0.301 bits per heavy atom. The molecule has 24 N–H and O–H groups in total. The highest BCUT2D eigenvalue weighted by molar-refractivity contribution is 6.46. The van der Waals surface area contributed by atoms with E-state index in [1.165, 1.54) is 37.0 Å². The number of guanidine groups is 1. The van der Waals surface area contributed by atoms with Crippen molar-refractivity contribution in [3.8, 4) is 5.75 Å². The predicted octanol–water partition coefficient (Wildman–Crippen LogP) is 18.8. The van der Waals surface area contributed by atoms with E-state index in [-0.39, 0.29) is 86.0 Å². The van der Waals surface area contributed by atoms with Crippen LogP contribution in [0.5, 0.6) is 5.75 Å². The highest BCUT2D eigenvalue weighted by Gasteiger charge is 2.09. The van der Waals surface area contributed by atoms with Crippen molar-refractivity contribution >= 4 is 282 Å². The number of phenols is 1. The summed E-state index contributed by atoms with van der Waals surface area (Å²) in [7, 11) is 0. The Morgan fingerprint density at radius 3 is 1.09 bits per heavy atom. The van der Waals surface area contributed by atoms with Gasteiger partial charge in [0.05, 0.1) is 112 Å². The normalized spacial score (nSPS) is 10.7. The maximum Gasteiger partial charge on any atom is 0.211 e. The van der Waals surface area contributed by atoms with Crippen molar-refractivity contribution < 1.29 is 5.11 Å². The van der Waals surface area contributed by atoms with Gasteiger partial charge in [-0.1, -0.05) is 228 Å². The summed E-state index contributed by atoms with van der Waals surface area (Å²) in [6.45, 7) is 3.08. The number of phenolic OH excluding ortho intramolecular Hbond substituents is 1. The number of hydrogen-bond acceptors (Lipinski definition) is 17. The van der Waals surface area contributed by atoms with Crippen molar-refractivity contribution in [3.05, 3.63) is 264 Å². The zero-order valence-electron chi connectivity index (χ0n) is 59.0. The first-order valence-electron chi connectivity index (χ1n) is 31.1. The smallest absolute Gasteiger partial charge is 0.211 e. The van der Waals surface area contributed by atoms with Gasteiger partial charge in [0.15, 0.2) is 0 Å². The number of nitrogens with zero attached hydrogens (tertiary/aromatic N) is 9. The van der Waals surface area contributed by atoms with Crippen molar-refractivity contribution in [3.63, 3.8) is 0 Å². The Labute approximate surface area is 732 Å². The lowest BCUT2D eigenvalue weighted by molar-refractivity contribution is 0.475. The molecule has 0 radical (unpaired) electrons. The summed E-state index contributed by atoms with van der Waals surface area (Å²) in [5.74, 6) is -0.123. The van der Waals surface area contributed by atoms with E-state index in [0.717, 1.165) is 22.3 Å². The highest BCUT2D eigenvalue weighted by Crippen LogP contribution is 2.31. The summed E-state index contributed by atoms with van der Waals surface area (Å²) in [5.41, 5.74) is 47.1. The van der Waals surface area contributed by atoms with Gasteiger partial charge in [-0.25, -0.2) is 0 Å². The minimum absolute atomic E-state index is 0.00410. The van der Waals surface area contributed by atoms with Crippen molar-refractivity contribution in [2.24, 2.45) is 91.0 Å². The average Bonchev–Trinajstić information content (AvgIpc) is 0.826. The van der Waals surface area contributed by atoms with Crippen LogP contribution in [0.2, 0.25) is 80.4 Å². The molecule has 0 unspecified atom stereocenters. The van der Waals surface area contributed by atoms with Gasteiger partial charge in [0.2, 0.25) is 5.96 Å². The second-order valence-electron chi connectivity index (χ2n) is 21.4. The molecule has 0 saturated carbocycles. The van der Waals surface area contributed by atoms with Crippen molar-refractivity contribution in [1.82, 2.24) is 0 Å². The number of benzene rings is 8. The molecule has 0 fully saturated rings. The third-order valence-corrected chi connectivity index (χ3v) is 16.9. The summed E-state index contributed by atoms with van der Waals surface area (Å²) in [6.07, 6.45) is 12.2. The van der Waals surface area contributed by atoms with Crippen molar-refractivity contribution in [2.45, 2.75) is 6.92 Å². The van der Waals surface area contributed by atoms with Crippen LogP contribution in [-0.4, -0.2) is 147 Å². The number of halogens is 16. The molecule has 113 heavy (non-hydrogen) atoms. The van der Waals surface area contributed by atoms with Crippen LogP contribution in [0.4, 0.5) is 0 Å². The van der Waals surface area contributed by atoms with Crippen LogP contribution in [0, 0.1) is 37.9 Å². The lowest BCUT2D eigenvalue weighted by Gasteiger charge is -2.02. The maximum atomic E-state index is 9.16. The summed E-state index contributed by atoms with van der Waals surface area (Å²) in [6, 6.07) is 39.2.